The van der Waals surface area contributed by atoms with Gasteiger partial charge in [-0.05, 0) is 51.7 Å². The first kappa shape index (κ1) is 21.5. The molecule has 0 spiro atoms. The Balaban J connectivity index is 1.89. The molecule has 6 nitrogen and oxygen atoms in total. The van der Waals surface area contributed by atoms with Gasteiger partial charge < -0.3 is 19.4 Å². The number of benzene rings is 1. The van der Waals surface area contributed by atoms with E-state index in [9.17, 15) is 13.2 Å². The summed E-state index contributed by atoms with van der Waals surface area (Å²) in [6, 6.07) is 5.61. The Hall–Kier alpha value is -2.81. The van der Waals surface area contributed by atoms with Crippen LogP contribution in [0.5, 0.6) is 5.75 Å². The van der Waals surface area contributed by atoms with Gasteiger partial charge in [0.1, 0.15) is 11.6 Å². The van der Waals surface area contributed by atoms with Crippen LogP contribution in [0.2, 0.25) is 0 Å². The SMILES string of the molecule is CN(C)CCCCOC(=N)/C=C\c1ncc(-c2cccc(OC(F)(F)F)c2)[nH]1. The van der Waals surface area contributed by atoms with Crippen molar-refractivity contribution in [2.45, 2.75) is 19.2 Å². The number of aromatic nitrogens is 2. The Labute approximate surface area is 161 Å². The number of halogens is 3. The largest absolute Gasteiger partial charge is 0.573 e. The maximum absolute atomic E-state index is 12.3. The number of unbranched alkanes of at least 4 members (excludes halogenated alkanes) is 1. The third-order valence-corrected chi connectivity index (χ3v) is 3.62. The van der Waals surface area contributed by atoms with Gasteiger partial charge in [-0.2, -0.15) is 0 Å². The van der Waals surface area contributed by atoms with E-state index in [1.54, 1.807) is 12.1 Å². The molecule has 1 aromatic heterocycles. The second kappa shape index (κ2) is 9.93. The highest BCUT2D eigenvalue weighted by molar-refractivity contribution is 5.88. The first-order valence-corrected chi connectivity index (χ1v) is 8.68. The molecular formula is C19H23F3N4O2. The number of nitrogens with zero attached hydrogens (tertiary/aromatic N) is 2. The topological polar surface area (TPSA) is 74.2 Å². The predicted octanol–water partition coefficient (Wildman–Crippen LogP) is 4.32. The quantitative estimate of drug-likeness (QED) is 0.376. The van der Waals surface area contributed by atoms with Crippen LogP contribution in [0.3, 0.4) is 0 Å². The number of imidazole rings is 1. The van der Waals surface area contributed by atoms with E-state index in [-0.39, 0.29) is 11.6 Å². The van der Waals surface area contributed by atoms with Gasteiger partial charge in [-0.25, -0.2) is 4.98 Å². The predicted molar refractivity (Wildman–Crippen MR) is 101 cm³/mol. The van der Waals surface area contributed by atoms with Gasteiger partial charge in [0.25, 0.3) is 0 Å². The summed E-state index contributed by atoms with van der Waals surface area (Å²) in [6.07, 6.45) is 1.64. The maximum atomic E-state index is 12.3. The van der Waals surface area contributed by atoms with Crippen molar-refractivity contribution in [3.8, 4) is 17.0 Å². The van der Waals surface area contributed by atoms with Gasteiger partial charge in [-0.3, -0.25) is 5.41 Å². The summed E-state index contributed by atoms with van der Waals surface area (Å²) in [5.74, 6) is 0.169. The summed E-state index contributed by atoms with van der Waals surface area (Å²) in [5, 5.41) is 7.76. The van der Waals surface area contributed by atoms with Crippen LogP contribution in [-0.2, 0) is 4.74 Å². The molecule has 1 heterocycles. The molecule has 0 aliphatic heterocycles. The number of aromatic amines is 1. The number of hydrogen-bond donors (Lipinski definition) is 2. The Morgan fingerprint density at radius 1 is 1.29 bits per heavy atom. The van der Waals surface area contributed by atoms with Gasteiger partial charge in [0.15, 0.2) is 0 Å². The van der Waals surface area contributed by atoms with E-state index < -0.39 is 6.36 Å². The van der Waals surface area contributed by atoms with E-state index in [2.05, 4.69) is 19.6 Å². The van der Waals surface area contributed by atoms with Crippen molar-refractivity contribution in [3.63, 3.8) is 0 Å². The number of ether oxygens (including phenoxy) is 2. The van der Waals surface area contributed by atoms with Gasteiger partial charge in [0.2, 0.25) is 5.90 Å². The Morgan fingerprint density at radius 3 is 2.79 bits per heavy atom. The number of alkyl halides is 3. The van der Waals surface area contributed by atoms with E-state index in [1.165, 1.54) is 30.5 Å². The lowest BCUT2D eigenvalue weighted by molar-refractivity contribution is -0.274. The molecule has 0 saturated heterocycles. The first-order chi connectivity index (χ1) is 13.2. The molecule has 0 radical (unpaired) electrons. The average Bonchev–Trinajstić information content (AvgIpc) is 3.07. The van der Waals surface area contributed by atoms with E-state index in [0.717, 1.165) is 19.4 Å². The number of hydrogen-bond acceptors (Lipinski definition) is 5. The standard InChI is InChI=1S/C19H23F3N4O2/c1-26(2)10-3-4-11-27-17(23)8-9-18-24-13-16(25-18)14-6-5-7-15(12-14)28-19(20,21)22/h5-9,12-13,23H,3-4,10-11H2,1-2H3,(H,24,25)/b9-8-,23-17?. The van der Waals surface area contributed by atoms with Crippen molar-refractivity contribution in [1.82, 2.24) is 14.9 Å². The average molecular weight is 396 g/mol. The zero-order chi connectivity index (χ0) is 20.6. The minimum Gasteiger partial charge on any atom is -0.478 e. The summed E-state index contributed by atoms with van der Waals surface area (Å²) in [5.41, 5.74) is 1.03. The fourth-order valence-corrected chi connectivity index (χ4v) is 2.34. The van der Waals surface area contributed by atoms with Gasteiger partial charge in [0.05, 0.1) is 18.5 Å². The summed E-state index contributed by atoms with van der Waals surface area (Å²) in [7, 11) is 4.01. The Morgan fingerprint density at radius 2 is 2.07 bits per heavy atom. The van der Waals surface area contributed by atoms with Crippen LogP contribution < -0.4 is 4.74 Å². The van der Waals surface area contributed by atoms with E-state index >= 15 is 0 Å². The highest BCUT2D eigenvalue weighted by Gasteiger charge is 2.31. The number of rotatable bonds is 9. The molecule has 0 aliphatic rings. The van der Waals surface area contributed by atoms with Crippen molar-refractivity contribution in [2.24, 2.45) is 0 Å². The molecule has 28 heavy (non-hydrogen) atoms. The maximum Gasteiger partial charge on any atom is 0.573 e. The minimum atomic E-state index is -4.74. The molecule has 0 amide bonds. The second-order valence-corrected chi connectivity index (χ2v) is 6.31. The summed E-state index contributed by atoms with van der Waals surface area (Å²) >= 11 is 0. The normalized spacial score (nSPS) is 11.9. The fourth-order valence-electron chi connectivity index (χ4n) is 2.34. The van der Waals surface area contributed by atoms with Gasteiger partial charge >= 0.3 is 6.36 Å². The lowest BCUT2D eigenvalue weighted by Crippen LogP contribution is -2.17. The van der Waals surface area contributed by atoms with E-state index in [1.807, 2.05) is 14.1 Å². The zero-order valence-electron chi connectivity index (χ0n) is 15.7. The van der Waals surface area contributed by atoms with Gasteiger partial charge in [0, 0.05) is 11.6 Å². The molecule has 0 unspecified atom stereocenters. The minimum absolute atomic E-state index is 0.0170. The van der Waals surface area contributed by atoms with E-state index in [0.29, 0.717) is 23.7 Å². The second-order valence-electron chi connectivity index (χ2n) is 6.31. The molecule has 0 fully saturated rings. The van der Waals surface area contributed by atoms with Crippen LogP contribution in [0.25, 0.3) is 17.3 Å². The first-order valence-electron chi connectivity index (χ1n) is 8.68. The summed E-state index contributed by atoms with van der Waals surface area (Å²) < 4.78 is 46.2. The van der Waals surface area contributed by atoms with Crippen LogP contribution in [0.4, 0.5) is 13.2 Å². The van der Waals surface area contributed by atoms with E-state index in [4.69, 9.17) is 10.1 Å². The molecule has 0 aliphatic carbocycles. The lowest BCUT2D eigenvalue weighted by Gasteiger charge is -2.09. The summed E-state index contributed by atoms with van der Waals surface area (Å²) in [4.78, 5) is 9.19. The number of nitrogens with one attached hydrogen (secondary N) is 2. The molecule has 2 aromatic rings. The Bertz CT molecular complexity index is 800. The van der Waals surface area contributed by atoms with Crippen molar-refractivity contribution in [2.75, 3.05) is 27.2 Å². The number of H-pyrrole nitrogens is 1. The van der Waals surface area contributed by atoms with Crippen molar-refractivity contribution < 1.29 is 22.6 Å². The highest BCUT2D eigenvalue weighted by atomic mass is 19.4. The molecule has 2 N–H and O–H groups in total. The lowest BCUT2D eigenvalue weighted by atomic mass is 10.1. The zero-order valence-corrected chi connectivity index (χ0v) is 15.7. The molecule has 0 atom stereocenters. The van der Waals surface area contributed by atoms with Gasteiger partial charge in [-0.1, -0.05) is 12.1 Å². The molecule has 152 valence electrons. The van der Waals surface area contributed by atoms with Crippen molar-refractivity contribution in [1.29, 1.82) is 5.41 Å². The molecule has 2 rings (SSSR count). The molecule has 0 bridgehead atoms. The monoisotopic (exact) mass is 396 g/mol. The highest BCUT2D eigenvalue weighted by Crippen LogP contribution is 2.27. The van der Waals surface area contributed by atoms with Crippen LogP contribution in [0.15, 0.2) is 36.5 Å². The summed E-state index contributed by atoms with van der Waals surface area (Å²) in [6.45, 7) is 1.43. The van der Waals surface area contributed by atoms with Gasteiger partial charge in [-0.15, -0.1) is 13.2 Å². The van der Waals surface area contributed by atoms with Crippen molar-refractivity contribution in [3.05, 3.63) is 42.4 Å². The van der Waals surface area contributed by atoms with Crippen LogP contribution in [0.1, 0.15) is 18.7 Å². The van der Waals surface area contributed by atoms with Crippen LogP contribution >= 0.6 is 0 Å². The third kappa shape index (κ3) is 7.83. The smallest absolute Gasteiger partial charge is 0.478 e. The van der Waals surface area contributed by atoms with Crippen LogP contribution in [-0.4, -0.2) is 54.4 Å². The van der Waals surface area contributed by atoms with Crippen LogP contribution in [0, 0.1) is 5.41 Å². The van der Waals surface area contributed by atoms with Crippen molar-refractivity contribution >= 4 is 12.0 Å². The molecule has 1 aromatic carbocycles. The molecule has 0 saturated carbocycles. The fraction of sp³-hybridized carbons (Fsp3) is 0.368. The molecular weight excluding hydrogens is 373 g/mol. The third-order valence-electron chi connectivity index (χ3n) is 3.62. The molecule has 9 heteroatoms. The Kier molecular flexibility index (Phi) is 7.62.